The highest BCUT2D eigenvalue weighted by molar-refractivity contribution is 5.73. The van der Waals surface area contributed by atoms with E-state index in [9.17, 15) is 18.0 Å². The molecule has 0 bridgehead atoms. The number of carbonyl (C=O) groups is 1. The third-order valence-electron chi connectivity index (χ3n) is 2.43. The summed E-state index contributed by atoms with van der Waals surface area (Å²) in [6, 6.07) is 3.60. The van der Waals surface area contributed by atoms with Gasteiger partial charge in [0.1, 0.15) is 11.8 Å². The van der Waals surface area contributed by atoms with Crippen molar-refractivity contribution in [2.45, 2.75) is 19.5 Å². The van der Waals surface area contributed by atoms with Crippen LogP contribution in [0.5, 0.6) is 5.75 Å². The SMILES string of the molecule is CCOC(=O)Cc1cc(C#N)c(OC)c(C(F)(F)F)c1. The van der Waals surface area contributed by atoms with Crippen molar-refractivity contribution in [2.24, 2.45) is 0 Å². The number of nitriles is 1. The van der Waals surface area contributed by atoms with Crippen LogP contribution in [0.4, 0.5) is 13.2 Å². The van der Waals surface area contributed by atoms with Crippen molar-refractivity contribution in [1.82, 2.24) is 0 Å². The zero-order chi connectivity index (χ0) is 15.3. The first kappa shape index (κ1) is 15.8. The highest BCUT2D eigenvalue weighted by Gasteiger charge is 2.36. The molecule has 0 aliphatic heterocycles. The van der Waals surface area contributed by atoms with Crippen LogP contribution in [0.2, 0.25) is 0 Å². The van der Waals surface area contributed by atoms with Gasteiger partial charge in [0.2, 0.25) is 0 Å². The minimum Gasteiger partial charge on any atom is -0.495 e. The fourth-order valence-corrected chi connectivity index (χ4v) is 1.68. The van der Waals surface area contributed by atoms with Crippen LogP contribution in [0.25, 0.3) is 0 Å². The first-order chi connectivity index (χ1) is 9.33. The molecule has 0 radical (unpaired) electrons. The fourth-order valence-electron chi connectivity index (χ4n) is 1.68. The van der Waals surface area contributed by atoms with Crippen LogP contribution < -0.4 is 4.74 Å². The maximum absolute atomic E-state index is 12.9. The predicted molar refractivity (Wildman–Crippen MR) is 63.0 cm³/mol. The van der Waals surface area contributed by atoms with Gasteiger partial charge in [-0.3, -0.25) is 4.79 Å². The highest BCUT2D eigenvalue weighted by Crippen LogP contribution is 2.38. The molecule has 0 heterocycles. The monoisotopic (exact) mass is 287 g/mol. The molecule has 0 saturated carbocycles. The van der Waals surface area contributed by atoms with Crippen molar-refractivity contribution < 1.29 is 27.4 Å². The number of ether oxygens (including phenoxy) is 2. The number of benzene rings is 1. The van der Waals surface area contributed by atoms with Gasteiger partial charge in [0, 0.05) is 0 Å². The molecule has 1 aromatic rings. The molecule has 1 rings (SSSR count). The lowest BCUT2D eigenvalue weighted by Crippen LogP contribution is -2.12. The summed E-state index contributed by atoms with van der Waals surface area (Å²) in [7, 11) is 1.05. The van der Waals surface area contributed by atoms with E-state index in [1.54, 1.807) is 13.0 Å². The Bertz CT molecular complexity index is 547. The molecule has 0 amide bonds. The number of halogens is 3. The van der Waals surface area contributed by atoms with Gasteiger partial charge in [-0.1, -0.05) is 0 Å². The number of alkyl halides is 3. The standard InChI is InChI=1S/C13H12F3NO3/c1-3-20-11(18)6-8-4-9(7-17)12(19-2)10(5-8)13(14,15)16/h4-5H,3,6H2,1-2H3. The lowest BCUT2D eigenvalue weighted by molar-refractivity contribution is -0.143. The first-order valence-electron chi connectivity index (χ1n) is 5.67. The number of methoxy groups -OCH3 is 1. The lowest BCUT2D eigenvalue weighted by atomic mass is 10.0. The van der Waals surface area contributed by atoms with E-state index in [2.05, 4.69) is 9.47 Å². The summed E-state index contributed by atoms with van der Waals surface area (Å²) < 4.78 is 48.0. The van der Waals surface area contributed by atoms with E-state index in [-0.39, 0.29) is 24.2 Å². The second kappa shape index (κ2) is 6.28. The topological polar surface area (TPSA) is 59.3 Å². The van der Waals surface area contributed by atoms with Crippen LogP contribution in [0.15, 0.2) is 12.1 Å². The fraction of sp³-hybridized carbons (Fsp3) is 0.385. The average molecular weight is 287 g/mol. The predicted octanol–water partition coefficient (Wildman–Crippen LogP) is 2.69. The second-order valence-corrected chi connectivity index (χ2v) is 3.82. The van der Waals surface area contributed by atoms with Gasteiger partial charge >= 0.3 is 12.1 Å². The molecule has 0 unspecified atom stereocenters. The summed E-state index contributed by atoms with van der Waals surface area (Å²) in [5, 5.41) is 8.89. The number of carbonyl (C=O) groups excluding carboxylic acids is 1. The lowest BCUT2D eigenvalue weighted by Gasteiger charge is -2.15. The van der Waals surface area contributed by atoms with Crippen LogP contribution >= 0.6 is 0 Å². The van der Waals surface area contributed by atoms with Crippen LogP contribution in [-0.2, 0) is 22.1 Å². The van der Waals surface area contributed by atoms with Gasteiger partial charge < -0.3 is 9.47 Å². The number of nitrogens with zero attached hydrogens (tertiary/aromatic N) is 1. The molecular weight excluding hydrogens is 275 g/mol. The van der Waals surface area contributed by atoms with Crippen LogP contribution in [0.1, 0.15) is 23.6 Å². The normalized spacial score (nSPS) is 10.8. The molecule has 1 aromatic carbocycles. The molecule has 7 heteroatoms. The van der Waals surface area contributed by atoms with E-state index in [1.807, 2.05) is 0 Å². The summed E-state index contributed by atoms with van der Waals surface area (Å²) in [4.78, 5) is 11.3. The van der Waals surface area contributed by atoms with E-state index >= 15 is 0 Å². The molecule has 4 nitrogen and oxygen atoms in total. The summed E-state index contributed by atoms with van der Waals surface area (Å²) in [5.41, 5.74) is -1.31. The molecule has 0 atom stereocenters. The maximum Gasteiger partial charge on any atom is 0.420 e. The number of hydrogen-bond acceptors (Lipinski definition) is 4. The minimum atomic E-state index is -4.68. The Morgan fingerprint density at radius 3 is 2.50 bits per heavy atom. The van der Waals surface area contributed by atoms with Gasteiger partial charge in [-0.15, -0.1) is 0 Å². The molecule has 0 N–H and O–H groups in total. The Hall–Kier alpha value is -2.23. The molecule has 0 fully saturated rings. The van der Waals surface area contributed by atoms with E-state index in [0.29, 0.717) is 0 Å². The first-order valence-corrected chi connectivity index (χ1v) is 5.67. The molecule has 0 saturated heterocycles. The summed E-state index contributed by atoms with van der Waals surface area (Å²) >= 11 is 0. The quantitative estimate of drug-likeness (QED) is 0.799. The molecule has 0 aliphatic carbocycles. The number of hydrogen-bond donors (Lipinski definition) is 0. The largest absolute Gasteiger partial charge is 0.495 e. The Balaban J connectivity index is 3.30. The van der Waals surface area contributed by atoms with Crippen LogP contribution in [0.3, 0.4) is 0 Å². The third kappa shape index (κ3) is 3.63. The maximum atomic E-state index is 12.9. The number of rotatable bonds is 4. The molecular formula is C13H12F3NO3. The molecule has 0 aliphatic rings. The van der Waals surface area contributed by atoms with E-state index in [1.165, 1.54) is 6.07 Å². The van der Waals surface area contributed by atoms with Gasteiger partial charge in [-0.05, 0) is 24.6 Å². The summed E-state index contributed by atoms with van der Waals surface area (Å²) in [6.07, 6.45) is -5.02. The van der Waals surface area contributed by atoms with Gasteiger partial charge in [-0.25, -0.2) is 0 Å². The van der Waals surface area contributed by atoms with Gasteiger partial charge in [0.15, 0.2) is 0 Å². The van der Waals surface area contributed by atoms with Gasteiger partial charge in [0.05, 0.1) is 31.3 Å². The van der Waals surface area contributed by atoms with Crippen LogP contribution in [0, 0.1) is 11.3 Å². The molecule has 20 heavy (non-hydrogen) atoms. The smallest absolute Gasteiger partial charge is 0.420 e. The molecule has 0 spiro atoms. The average Bonchev–Trinajstić information content (AvgIpc) is 2.36. The zero-order valence-electron chi connectivity index (χ0n) is 10.9. The molecule has 108 valence electrons. The zero-order valence-corrected chi connectivity index (χ0v) is 10.9. The second-order valence-electron chi connectivity index (χ2n) is 3.82. The van der Waals surface area contributed by atoms with Crippen molar-refractivity contribution in [3.05, 3.63) is 28.8 Å². The molecule has 0 aromatic heterocycles. The van der Waals surface area contributed by atoms with Crippen LogP contribution in [-0.4, -0.2) is 19.7 Å². The highest BCUT2D eigenvalue weighted by atomic mass is 19.4. The van der Waals surface area contributed by atoms with Crippen molar-refractivity contribution >= 4 is 5.97 Å². The summed E-state index contributed by atoms with van der Waals surface area (Å²) in [6.45, 7) is 1.72. The van der Waals surface area contributed by atoms with Gasteiger partial charge in [-0.2, -0.15) is 18.4 Å². The van der Waals surface area contributed by atoms with E-state index in [4.69, 9.17) is 5.26 Å². The minimum absolute atomic E-state index is 0.0492. The number of esters is 1. The Morgan fingerprint density at radius 2 is 2.05 bits per heavy atom. The van der Waals surface area contributed by atoms with Crippen molar-refractivity contribution in [3.63, 3.8) is 0 Å². The Kier molecular flexibility index (Phi) is 4.97. The summed E-state index contributed by atoms with van der Waals surface area (Å²) in [5.74, 6) is -1.21. The van der Waals surface area contributed by atoms with Crippen molar-refractivity contribution in [2.75, 3.05) is 13.7 Å². The van der Waals surface area contributed by atoms with E-state index in [0.717, 1.165) is 13.2 Å². The van der Waals surface area contributed by atoms with Crippen molar-refractivity contribution in [3.8, 4) is 11.8 Å². The van der Waals surface area contributed by atoms with E-state index < -0.39 is 23.5 Å². The Labute approximate surface area is 113 Å². The Morgan fingerprint density at radius 1 is 1.40 bits per heavy atom. The third-order valence-corrected chi connectivity index (χ3v) is 2.43. The van der Waals surface area contributed by atoms with Crippen molar-refractivity contribution in [1.29, 1.82) is 5.26 Å². The van der Waals surface area contributed by atoms with Gasteiger partial charge in [0.25, 0.3) is 0 Å².